The molecule has 0 unspecified atom stereocenters. The zero-order valence-corrected chi connectivity index (χ0v) is 14.7. The van der Waals surface area contributed by atoms with Gasteiger partial charge in [-0.2, -0.15) is 0 Å². The summed E-state index contributed by atoms with van der Waals surface area (Å²) >= 11 is 0. The van der Waals surface area contributed by atoms with Crippen LogP contribution in [-0.2, 0) is 5.41 Å². The number of benzene rings is 2. The van der Waals surface area contributed by atoms with Gasteiger partial charge in [0, 0.05) is 28.1 Å². The molecule has 3 aromatic rings. The Bertz CT molecular complexity index is 964. The first-order valence-corrected chi connectivity index (χ1v) is 8.45. The van der Waals surface area contributed by atoms with Gasteiger partial charge in [-0.3, -0.25) is 9.98 Å². The summed E-state index contributed by atoms with van der Waals surface area (Å²) < 4.78 is 0. The van der Waals surface area contributed by atoms with E-state index in [-0.39, 0.29) is 11.0 Å². The molecule has 0 N–H and O–H groups in total. The van der Waals surface area contributed by atoms with Crippen molar-refractivity contribution in [1.29, 1.82) is 0 Å². The maximum atomic E-state index is 5.18. The quantitative estimate of drug-likeness (QED) is 0.610. The molecule has 0 spiro atoms. The number of rotatable bonds is 1. The van der Waals surface area contributed by atoms with Gasteiger partial charge in [0.1, 0.15) is 0 Å². The van der Waals surface area contributed by atoms with Crippen LogP contribution in [0.5, 0.6) is 0 Å². The van der Waals surface area contributed by atoms with E-state index in [2.05, 4.69) is 81.2 Å². The van der Waals surface area contributed by atoms with E-state index < -0.39 is 0 Å². The molecule has 4 rings (SSSR count). The van der Waals surface area contributed by atoms with Crippen molar-refractivity contribution in [1.82, 2.24) is 4.98 Å². The van der Waals surface area contributed by atoms with Crippen molar-refractivity contribution in [2.75, 3.05) is 0 Å². The number of aliphatic imine (C=N–C) groups is 1. The summed E-state index contributed by atoms with van der Waals surface area (Å²) in [6.45, 7) is 9.03. The van der Waals surface area contributed by atoms with Gasteiger partial charge in [-0.05, 0) is 37.6 Å². The normalized spacial score (nSPS) is 18.1. The Hall–Kier alpha value is -2.48. The van der Waals surface area contributed by atoms with Gasteiger partial charge in [-0.25, -0.2) is 0 Å². The smallest absolute Gasteiger partial charge is 0.0729 e. The zero-order chi connectivity index (χ0) is 16.9. The second-order valence-electron chi connectivity index (χ2n) is 7.60. The summed E-state index contributed by atoms with van der Waals surface area (Å²) in [6.07, 6.45) is 1.83. The predicted molar refractivity (Wildman–Crippen MR) is 101 cm³/mol. The third-order valence-electron chi connectivity index (χ3n) is 5.65. The van der Waals surface area contributed by atoms with Gasteiger partial charge in [0.2, 0.25) is 0 Å². The second kappa shape index (κ2) is 5.01. The van der Waals surface area contributed by atoms with Crippen molar-refractivity contribution >= 4 is 16.6 Å². The van der Waals surface area contributed by atoms with Gasteiger partial charge < -0.3 is 0 Å². The van der Waals surface area contributed by atoms with Gasteiger partial charge in [0.15, 0.2) is 0 Å². The Balaban J connectivity index is 1.98. The Morgan fingerprint density at radius 2 is 1.62 bits per heavy atom. The van der Waals surface area contributed by atoms with E-state index in [1.54, 1.807) is 0 Å². The zero-order valence-electron chi connectivity index (χ0n) is 14.7. The molecule has 1 aromatic heterocycles. The first-order chi connectivity index (χ1) is 11.4. The molecule has 2 aromatic carbocycles. The van der Waals surface area contributed by atoms with Crippen LogP contribution in [0, 0.1) is 0 Å². The van der Waals surface area contributed by atoms with E-state index in [1.807, 2.05) is 12.3 Å². The summed E-state index contributed by atoms with van der Waals surface area (Å²) in [6, 6.07) is 19.2. The lowest BCUT2D eigenvalue weighted by molar-refractivity contribution is 0.303. The highest BCUT2D eigenvalue weighted by atomic mass is 14.9. The molecule has 2 nitrogen and oxygen atoms in total. The third-order valence-corrected chi connectivity index (χ3v) is 5.65. The highest BCUT2D eigenvalue weighted by molar-refractivity contribution is 6.16. The van der Waals surface area contributed by atoms with Crippen LogP contribution in [0.25, 0.3) is 10.9 Å². The Morgan fingerprint density at radius 3 is 2.46 bits per heavy atom. The number of nitrogens with zero attached hydrogens (tertiary/aromatic N) is 2. The second-order valence-corrected chi connectivity index (χ2v) is 7.60. The molecule has 0 fully saturated rings. The molecule has 0 saturated carbocycles. The van der Waals surface area contributed by atoms with Crippen molar-refractivity contribution < 1.29 is 0 Å². The fourth-order valence-electron chi connectivity index (χ4n) is 3.49. The van der Waals surface area contributed by atoms with Gasteiger partial charge in [0.05, 0.1) is 16.8 Å². The van der Waals surface area contributed by atoms with Crippen molar-refractivity contribution in [3.8, 4) is 0 Å². The number of fused-ring (bicyclic) bond motifs is 2. The summed E-state index contributed by atoms with van der Waals surface area (Å²) in [5.74, 6) is 0. The van der Waals surface area contributed by atoms with Crippen LogP contribution in [0.3, 0.4) is 0 Å². The Labute approximate surface area is 143 Å². The minimum absolute atomic E-state index is 0.00844. The van der Waals surface area contributed by atoms with Crippen molar-refractivity contribution in [2.45, 2.75) is 38.6 Å². The SMILES string of the molecule is CC1(C)N=C(c2ccc3ncccc3c2)c2ccccc2C1(C)C. The topological polar surface area (TPSA) is 25.2 Å². The molecule has 120 valence electrons. The van der Waals surface area contributed by atoms with E-state index in [0.29, 0.717) is 0 Å². The van der Waals surface area contributed by atoms with Gasteiger partial charge >= 0.3 is 0 Å². The fourth-order valence-corrected chi connectivity index (χ4v) is 3.49. The summed E-state index contributed by atoms with van der Waals surface area (Å²) in [7, 11) is 0. The van der Waals surface area contributed by atoms with Crippen molar-refractivity contribution in [3.63, 3.8) is 0 Å². The van der Waals surface area contributed by atoms with Crippen LogP contribution < -0.4 is 0 Å². The number of pyridine rings is 1. The van der Waals surface area contributed by atoms with E-state index in [4.69, 9.17) is 4.99 Å². The largest absolute Gasteiger partial charge is 0.277 e. The highest BCUT2D eigenvalue weighted by Crippen LogP contribution is 2.43. The van der Waals surface area contributed by atoms with Crippen LogP contribution in [0.2, 0.25) is 0 Å². The van der Waals surface area contributed by atoms with E-state index >= 15 is 0 Å². The molecule has 1 aliphatic rings. The Kier molecular flexibility index (Phi) is 3.14. The van der Waals surface area contributed by atoms with Gasteiger partial charge in [-0.15, -0.1) is 0 Å². The molecular weight excluding hydrogens is 292 g/mol. The summed E-state index contributed by atoms with van der Waals surface area (Å²) in [5, 5.41) is 1.15. The lowest BCUT2D eigenvalue weighted by Crippen LogP contribution is -2.46. The first kappa shape index (κ1) is 15.1. The third kappa shape index (κ3) is 2.10. The monoisotopic (exact) mass is 314 g/mol. The number of aromatic nitrogens is 1. The number of hydrogen-bond donors (Lipinski definition) is 0. The molecule has 0 atom stereocenters. The van der Waals surface area contributed by atoms with E-state index in [0.717, 1.165) is 22.2 Å². The molecule has 0 amide bonds. The molecule has 24 heavy (non-hydrogen) atoms. The van der Waals surface area contributed by atoms with E-state index in [9.17, 15) is 0 Å². The van der Waals surface area contributed by atoms with Crippen LogP contribution in [0.15, 0.2) is 65.8 Å². The molecule has 2 heterocycles. The minimum Gasteiger partial charge on any atom is -0.277 e. The maximum Gasteiger partial charge on any atom is 0.0729 e. The molecule has 0 aliphatic carbocycles. The fraction of sp³-hybridized carbons (Fsp3) is 0.273. The van der Waals surface area contributed by atoms with Crippen LogP contribution in [-0.4, -0.2) is 16.2 Å². The molecule has 1 aliphatic heterocycles. The average Bonchev–Trinajstić information content (AvgIpc) is 2.58. The molecule has 0 bridgehead atoms. The number of hydrogen-bond acceptors (Lipinski definition) is 2. The average molecular weight is 314 g/mol. The van der Waals surface area contributed by atoms with Gasteiger partial charge in [-0.1, -0.05) is 50.2 Å². The standard InChI is InChI=1S/C22H22N2/c1-21(2)18-10-6-5-9-17(18)20(24-22(21,3)4)16-11-12-19-15(14-16)8-7-13-23-19/h5-14H,1-4H3. The lowest BCUT2D eigenvalue weighted by Gasteiger charge is -2.44. The van der Waals surface area contributed by atoms with Crippen molar-refractivity contribution in [2.24, 2.45) is 4.99 Å². The summed E-state index contributed by atoms with van der Waals surface area (Å²) in [5.41, 5.74) is 5.69. The van der Waals surface area contributed by atoms with Crippen LogP contribution in [0.1, 0.15) is 44.4 Å². The predicted octanol–water partition coefficient (Wildman–Crippen LogP) is 5.14. The Morgan fingerprint density at radius 1 is 0.833 bits per heavy atom. The molecule has 2 heteroatoms. The van der Waals surface area contributed by atoms with Crippen molar-refractivity contribution in [3.05, 3.63) is 77.5 Å². The molecular formula is C22H22N2. The van der Waals surface area contributed by atoms with Gasteiger partial charge in [0.25, 0.3) is 0 Å². The summed E-state index contributed by atoms with van der Waals surface area (Å²) in [4.78, 5) is 9.61. The molecule has 0 radical (unpaired) electrons. The maximum absolute atomic E-state index is 5.18. The van der Waals surface area contributed by atoms with Crippen LogP contribution in [0.4, 0.5) is 0 Å². The lowest BCUT2D eigenvalue weighted by atomic mass is 9.66. The highest BCUT2D eigenvalue weighted by Gasteiger charge is 2.43. The first-order valence-electron chi connectivity index (χ1n) is 8.45. The van der Waals surface area contributed by atoms with Crippen LogP contribution >= 0.6 is 0 Å². The van der Waals surface area contributed by atoms with E-state index in [1.165, 1.54) is 11.1 Å². The molecule has 0 saturated heterocycles. The minimum atomic E-state index is -0.166.